The molecule has 15 heavy (non-hydrogen) atoms. The quantitative estimate of drug-likeness (QED) is 0.686. The van der Waals surface area contributed by atoms with Crippen LogP contribution in [0.2, 0.25) is 0 Å². The number of aromatic nitrogens is 2. The van der Waals surface area contributed by atoms with Crippen molar-refractivity contribution < 1.29 is 0 Å². The molecule has 3 nitrogen and oxygen atoms in total. The summed E-state index contributed by atoms with van der Waals surface area (Å²) in [6.45, 7) is 6.14. The van der Waals surface area contributed by atoms with E-state index < -0.39 is 0 Å². The molecule has 1 heterocycles. The number of nitrogens with one attached hydrogen (secondary N) is 1. The third-order valence-corrected chi connectivity index (χ3v) is 3.18. The summed E-state index contributed by atoms with van der Waals surface area (Å²) in [5, 5.41) is 0. The van der Waals surface area contributed by atoms with Crippen molar-refractivity contribution in [2.75, 3.05) is 0 Å². The monoisotopic (exact) mass is 224 g/mol. The minimum Gasteiger partial charge on any atom is -0.298 e. The van der Waals surface area contributed by atoms with Crippen molar-refractivity contribution in [2.45, 2.75) is 45.6 Å². The number of aromatic amines is 1. The normalized spacial score (nSPS) is 15.4. The second kappa shape index (κ2) is 3.30. The van der Waals surface area contributed by atoms with Gasteiger partial charge in [-0.2, -0.15) is 0 Å². The number of nitrogens with zero attached hydrogens (tertiary/aromatic N) is 1. The van der Waals surface area contributed by atoms with Gasteiger partial charge in [0.2, 0.25) is 0 Å². The highest BCUT2D eigenvalue weighted by Gasteiger charge is 2.24. The van der Waals surface area contributed by atoms with Gasteiger partial charge in [-0.25, -0.2) is 4.79 Å². The van der Waals surface area contributed by atoms with Crippen molar-refractivity contribution in [1.29, 1.82) is 0 Å². The van der Waals surface area contributed by atoms with Gasteiger partial charge >= 0.3 is 5.69 Å². The summed E-state index contributed by atoms with van der Waals surface area (Å²) in [7, 11) is 0. The fraction of sp³-hybridized carbons (Fsp3) is 0.636. The maximum Gasteiger partial charge on any atom is 0.327 e. The van der Waals surface area contributed by atoms with Gasteiger partial charge < -0.3 is 0 Å². The van der Waals surface area contributed by atoms with Gasteiger partial charge in [-0.3, -0.25) is 9.55 Å². The third kappa shape index (κ3) is 1.67. The molecular formula is C11H16N2OS. The Hall–Kier alpha value is -0.900. The van der Waals surface area contributed by atoms with E-state index in [0.717, 1.165) is 25.0 Å². The molecule has 0 saturated heterocycles. The Morgan fingerprint density at radius 1 is 1.33 bits per heavy atom. The zero-order chi connectivity index (χ0) is 11.2. The van der Waals surface area contributed by atoms with Crippen LogP contribution >= 0.6 is 12.2 Å². The van der Waals surface area contributed by atoms with E-state index in [4.69, 9.17) is 12.2 Å². The number of H-pyrrole nitrogens is 1. The van der Waals surface area contributed by atoms with Gasteiger partial charge in [0.05, 0.1) is 0 Å². The van der Waals surface area contributed by atoms with E-state index in [9.17, 15) is 4.79 Å². The first-order valence-electron chi connectivity index (χ1n) is 5.29. The summed E-state index contributed by atoms with van der Waals surface area (Å²) in [4.78, 5) is 14.7. The highest BCUT2D eigenvalue weighted by atomic mass is 32.1. The zero-order valence-electron chi connectivity index (χ0n) is 9.39. The minimum atomic E-state index is -0.176. The van der Waals surface area contributed by atoms with Gasteiger partial charge in [-0.05, 0) is 40.0 Å². The fourth-order valence-electron chi connectivity index (χ4n) is 2.28. The van der Waals surface area contributed by atoms with Crippen molar-refractivity contribution >= 4 is 12.2 Å². The predicted molar refractivity (Wildman–Crippen MR) is 62.9 cm³/mol. The van der Waals surface area contributed by atoms with Crippen LogP contribution in [0.25, 0.3) is 0 Å². The number of hydrogen-bond donors (Lipinski definition) is 1. The molecule has 0 saturated carbocycles. The van der Waals surface area contributed by atoms with Gasteiger partial charge in [0.1, 0.15) is 4.64 Å². The molecule has 4 heteroatoms. The average molecular weight is 224 g/mol. The molecule has 2 rings (SSSR count). The number of rotatable bonds is 0. The van der Waals surface area contributed by atoms with Gasteiger partial charge in [0.15, 0.2) is 0 Å². The summed E-state index contributed by atoms with van der Waals surface area (Å²) in [6.07, 6.45) is 3.08. The summed E-state index contributed by atoms with van der Waals surface area (Å²) < 4.78 is 2.48. The summed E-state index contributed by atoms with van der Waals surface area (Å²) in [5.74, 6) is 0. The van der Waals surface area contributed by atoms with E-state index in [2.05, 4.69) is 4.98 Å². The lowest BCUT2D eigenvalue weighted by Crippen LogP contribution is -2.38. The minimum absolute atomic E-state index is 0.0758. The molecule has 0 amide bonds. The lowest BCUT2D eigenvalue weighted by molar-refractivity contribution is 0.365. The lowest BCUT2D eigenvalue weighted by atomic mass is 10.1. The van der Waals surface area contributed by atoms with Crippen LogP contribution in [-0.2, 0) is 18.4 Å². The molecule has 1 aliphatic carbocycles. The van der Waals surface area contributed by atoms with Crippen LogP contribution in [0.4, 0.5) is 0 Å². The zero-order valence-corrected chi connectivity index (χ0v) is 10.2. The van der Waals surface area contributed by atoms with Crippen LogP contribution in [0.3, 0.4) is 0 Å². The predicted octanol–water partition coefficient (Wildman–Crippen LogP) is 2.15. The molecule has 0 aromatic carbocycles. The van der Waals surface area contributed by atoms with E-state index in [0.29, 0.717) is 4.64 Å². The molecule has 0 aliphatic heterocycles. The molecule has 0 bridgehead atoms. The summed E-state index contributed by atoms with van der Waals surface area (Å²) in [6, 6.07) is 0. The largest absolute Gasteiger partial charge is 0.327 e. The highest BCUT2D eigenvalue weighted by molar-refractivity contribution is 7.71. The number of fused-ring (bicyclic) bond motifs is 1. The molecule has 0 atom stereocenters. The van der Waals surface area contributed by atoms with Gasteiger partial charge in [-0.15, -0.1) is 0 Å². The smallest absolute Gasteiger partial charge is 0.298 e. The van der Waals surface area contributed by atoms with Crippen molar-refractivity contribution in [3.63, 3.8) is 0 Å². The van der Waals surface area contributed by atoms with Gasteiger partial charge in [0.25, 0.3) is 0 Å². The molecule has 1 aliphatic rings. The lowest BCUT2D eigenvalue weighted by Gasteiger charge is -2.25. The van der Waals surface area contributed by atoms with Crippen molar-refractivity contribution in [2.24, 2.45) is 0 Å². The van der Waals surface area contributed by atoms with E-state index in [1.54, 1.807) is 0 Å². The van der Waals surface area contributed by atoms with E-state index in [-0.39, 0.29) is 11.2 Å². The Morgan fingerprint density at radius 2 is 2.00 bits per heavy atom. The van der Waals surface area contributed by atoms with Crippen LogP contribution < -0.4 is 5.69 Å². The first-order valence-corrected chi connectivity index (χ1v) is 5.69. The van der Waals surface area contributed by atoms with Gasteiger partial charge in [-0.1, -0.05) is 12.2 Å². The Labute approximate surface area is 94.1 Å². The molecular weight excluding hydrogens is 208 g/mol. The maximum atomic E-state index is 11.9. The van der Waals surface area contributed by atoms with Crippen LogP contribution in [0.5, 0.6) is 0 Å². The second-order valence-electron chi connectivity index (χ2n) is 5.04. The Bertz CT molecular complexity index is 505. The average Bonchev–Trinajstić information content (AvgIpc) is 2.49. The van der Waals surface area contributed by atoms with E-state index >= 15 is 0 Å². The van der Waals surface area contributed by atoms with Crippen LogP contribution in [0.1, 0.15) is 38.4 Å². The SMILES string of the molecule is CC(C)(C)n1c2c(c(=S)[nH]c1=O)CCC2. The van der Waals surface area contributed by atoms with Crippen LogP contribution in [-0.4, -0.2) is 9.55 Å². The molecule has 0 spiro atoms. The molecule has 1 aromatic rings. The van der Waals surface area contributed by atoms with Crippen molar-refractivity contribution in [1.82, 2.24) is 9.55 Å². The highest BCUT2D eigenvalue weighted by Crippen LogP contribution is 2.24. The Balaban J connectivity index is 2.82. The van der Waals surface area contributed by atoms with Crippen molar-refractivity contribution in [3.8, 4) is 0 Å². The molecule has 0 unspecified atom stereocenters. The third-order valence-electron chi connectivity index (χ3n) is 2.83. The molecule has 82 valence electrons. The molecule has 0 radical (unpaired) electrons. The molecule has 1 aromatic heterocycles. The Morgan fingerprint density at radius 3 is 2.60 bits per heavy atom. The van der Waals surface area contributed by atoms with Crippen LogP contribution in [0.15, 0.2) is 4.79 Å². The molecule has 0 fully saturated rings. The number of hydrogen-bond acceptors (Lipinski definition) is 2. The van der Waals surface area contributed by atoms with Crippen molar-refractivity contribution in [3.05, 3.63) is 26.4 Å². The second-order valence-corrected chi connectivity index (χ2v) is 5.45. The van der Waals surface area contributed by atoms with Crippen LogP contribution in [0, 0.1) is 4.64 Å². The van der Waals surface area contributed by atoms with E-state index in [1.807, 2.05) is 25.3 Å². The van der Waals surface area contributed by atoms with E-state index in [1.165, 1.54) is 5.56 Å². The summed E-state index contributed by atoms with van der Waals surface area (Å²) in [5.41, 5.74) is 2.05. The Kier molecular flexibility index (Phi) is 2.34. The summed E-state index contributed by atoms with van der Waals surface area (Å²) >= 11 is 5.18. The standard InChI is InChI=1S/C11H16N2OS/c1-11(2,3)13-8-6-4-5-7(8)9(15)12-10(13)14/h4-6H2,1-3H3,(H,12,14,15). The van der Waals surface area contributed by atoms with Gasteiger partial charge in [0, 0.05) is 16.8 Å². The topological polar surface area (TPSA) is 37.8 Å². The first kappa shape index (κ1) is 10.6. The first-order chi connectivity index (χ1) is 6.91. The molecule has 1 N–H and O–H groups in total. The maximum absolute atomic E-state index is 11.9. The fourth-order valence-corrected chi connectivity index (χ4v) is 2.59.